The van der Waals surface area contributed by atoms with E-state index in [1.54, 1.807) is 0 Å². The van der Waals surface area contributed by atoms with Gasteiger partial charge in [0, 0.05) is 34.5 Å². The van der Waals surface area contributed by atoms with Crippen molar-refractivity contribution in [2.45, 2.75) is 12.0 Å². The summed E-state index contributed by atoms with van der Waals surface area (Å²) in [6.45, 7) is 4.23. The van der Waals surface area contributed by atoms with E-state index in [1.807, 2.05) is 78.9 Å². The van der Waals surface area contributed by atoms with Crippen molar-refractivity contribution >= 4 is 51.6 Å². The summed E-state index contributed by atoms with van der Waals surface area (Å²) < 4.78 is 2.29. The summed E-state index contributed by atoms with van der Waals surface area (Å²) >= 11 is 0. The average molecular weight is 774 g/mol. The van der Waals surface area contributed by atoms with Crippen LogP contribution in [-0.4, -0.2) is 28.7 Å². The van der Waals surface area contributed by atoms with Gasteiger partial charge in [0.1, 0.15) is 0 Å². The number of nitrogens with zero attached hydrogens (tertiary/aromatic N) is 5. The van der Waals surface area contributed by atoms with E-state index < -0.39 is 5.41 Å². The van der Waals surface area contributed by atoms with Crippen molar-refractivity contribution in [1.82, 2.24) is 4.57 Å². The Labute approximate surface area is 351 Å². The van der Waals surface area contributed by atoms with Crippen molar-refractivity contribution in [1.29, 1.82) is 0 Å². The van der Waals surface area contributed by atoms with E-state index in [2.05, 4.69) is 168 Å². The Morgan fingerprint density at radius 2 is 1.03 bits per heavy atom. The number of aryl methyl sites for hydroxylation is 1. The summed E-state index contributed by atoms with van der Waals surface area (Å²) in [6.07, 6.45) is 0. The molecule has 0 bridgehead atoms. The molecule has 1 aliphatic rings. The van der Waals surface area contributed by atoms with Gasteiger partial charge in [-0.25, -0.2) is 9.98 Å². The lowest BCUT2D eigenvalue weighted by Gasteiger charge is -2.34. The predicted octanol–water partition coefficient (Wildman–Crippen LogP) is 12.6. The normalized spacial score (nSPS) is 13.3. The SMILES string of the molecule is C=NC(=NC(=NCc1ccccc1)c1ccccc1)c1ccccc1.Cn1c2ccccc2c2c3c(ccc21)C(c1ccccc1)(c1ccccc1)C(c1ccccc1)=N3. The highest BCUT2D eigenvalue weighted by Gasteiger charge is 2.47. The second kappa shape index (κ2) is 17.0. The molecule has 0 saturated heterocycles. The molecular weight excluding hydrogens is 731 g/mol. The number of aliphatic imine (C=N–C) groups is 4. The first-order chi connectivity index (χ1) is 29.7. The highest BCUT2D eigenvalue weighted by atomic mass is 15.0. The summed E-state index contributed by atoms with van der Waals surface area (Å²) in [5, 5.41) is 2.47. The van der Waals surface area contributed by atoms with Gasteiger partial charge >= 0.3 is 0 Å². The summed E-state index contributed by atoms with van der Waals surface area (Å²) in [4.78, 5) is 19.0. The van der Waals surface area contributed by atoms with Crippen molar-refractivity contribution in [3.05, 3.63) is 257 Å². The average Bonchev–Trinajstić information content (AvgIpc) is 3.84. The highest BCUT2D eigenvalue weighted by molar-refractivity contribution is 6.23. The third-order valence-corrected chi connectivity index (χ3v) is 11.2. The molecule has 0 saturated carbocycles. The van der Waals surface area contributed by atoms with Gasteiger partial charge in [-0.2, -0.15) is 0 Å². The van der Waals surface area contributed by atoms with Crippen molar-refractivity contribution in [2.24, 2.45) is 27.0 Å². The minimum atomic E-state index is -0.510. The summed E-state index contributed by atoms with van der Waals surface area (Å²) in [6, 6.07) is 75.5. The minimum Gasteiger partial charge on any atom is -0.344 e. The molecule has 2 heterocycles. The Morgan fingerprint density at radius 3 is 1.62 bits per heavy atom. The molecule has 1 aromatic heterocycles. The zero-order chi connectivity index (χ0) is 40.7. The number of benzene rings is 8. The van der Waals surface area contributed by atoms with Crippen LogP contribution in [0.15, 0.2) is 238 Å². The van der Waals surface area contributed by atoms with E-state index in [-0.39, 0.29) is 0 Å². The van der Waals surface area contributed by atoms with Gasteiger partial charge in [0.15, 0.2) is 11.7 Å². The van der Waals surface area contributed by atoms with Crippen LogP contribution in [0.4, 0.5) is 5.69 Å². The molecule has 5 heteroatoms. The van der Waals surface area contributed by atoms with Crippen LogP contribution in [-0.2, 0) is 19.0 Å². The third kappa shape index (κ3) is 7.07. The standard InChI is InChI=1S/C33H24N2.C22H19N3/c1-35-28-20-12-11-19-26(28)30-29(35)22-21-27-31(30)34-32(23-13-5-2-6-14-23)33(27,24-15-7-3-8-16-24)25-17-9-4-10-18-25;1-23-21(19-13-7-3-8-14-19)25-22(20-15-9-4-10-16-20)24-17-18-11-5-2-6-12-18/h2-22H,1H3;2-16H,1,17H2. The maximum atomic E-state index is 5.52. The van der Waals surface area contributed by atoms with Crippen molar-refractivity contribution in [3.8, 4) is 0 Å². The number of para-hydroxylation sites is 1. The molecule has 60 heavy (non-hydrogen) atoms. The molecule has 0 spiro atoms. The van der Waals surface area contributed by atoms with Gasteiger partial charge in [0.05, 0.1) is 28.9 Å². The second-order valence-electron chi connectivity index (χ2n) is 14.7. The second-order valence-corrected chi connectivity index (χ2v) is 14.7. The first kappa shape index (κ1) is 37.8. The number of fused-ring (bicyclic) bond motifs is 5. The van der Waals surface area contributed by atoms with Gasteiger partial charge in [0.25, 0.3) is 0 Å². The Morgan fingerprint density at radius 1 is 0.533 bits per heavy atom. The molecule has 288 valence electrons. The molecule has 0 unspecified atom stereocenters. The molecule has 5 nitrogen and oxygen atoms in total. The number of hydrogen-bond acceptors (Lipinski definition) is 2. The van der Waals surface area contributed by atoms with Crippen LogP contribution in [0, 0.1) is 0 Å². The van der Waals surface area contributed by atoms with E-state index in [0.29, 0.717) is 18.2 Å². The zero-order valence-electron chi connectivity index (χ0n) is 33.4. The van der Waals surface area contributed by atoms with E-state index in [4.69, 9.17) is 9.98 Å². The molecule has 0 radical (unpaired) electrons. The maximum Gasteiger partial charge on any atom is 0.161 e. The van der Waals surface area contributed by atoms with E-state index in [0.717, 1.165) is 33.7 Å². The van der Waals surface area contributed by atoms with Gasteiger partial charge in [0.2, 0.25) is 0 Å². The van der Waals surface area contributed by atoms with Gasteiger partial charge in [-0.05, 0) is 46.7 Å². The first-order valence-electron chi connectivity index (χ1n) is 20.2. The van der Waals surface area contributed by atoms with Crippen molar-refractivity contribution < 1.29 is 0 Å². The van der Waals surface area contributed by atoms with Crippen LogP contribution in [0.5, 0.6) is 0 Å². The number of aromatic nitrogens is 1. The zero-order valence-corrected chi connectivity index (χ0v) is 33.4. The lowest BCUT2D eigenvalue weighted by atomic mass is 9.65. The fourth-order valence-electron chi connectivity index (χ4n) is 8.39. The molecule has 0 atom stereocenters. The van der Waals surface area contributed by atoms with Crippen LogP contribution in [0.3, 0.4) is 0 Å². The molecule has 0 fully saturated rings. The fourth-order valence-corrected chi connectivity index (χ4v) is 8.39. The van der Waals surface area contributed by atoms with Gasteiger partial charge in [-0.3, -0.25) is 9.98 Å². The van der Waals surface area contributed by atoms with Crippen LogP contribution >= 0.6 is 0 Å². The molecule has 0 N–H and O–H groups in total. The predicted molar refractivity (Wildman–Crippen MR) is 251 cm³/mol. The lowest BCUT2D eigenvalue weighted by molar-refractivity contribution is 0.851. The minimum absolute atomic E-state index is 0.510. The summed E-state index contributed by atoms with van der Waals surface area (Å²) in [7, 11) is 2.15. The topological polar surface area (TPSA) is 54.4 Å². The van der Waals surface area contributed by atoms with Gasteiger partial charge in [-0.1, -0.05) is 206 Å². The Balaban J connectivity index is 0.000000164. The van der Waals surface area contributed by atoms with Crippen molar-refractivity contribution in [3.63, 3.8) is 0 Å². The molecule has 0 amide bonds. The number of amidine groups is 2. The molecule has 1 aliphatic heterocycles. The maximum absolute atomic E-state index is 5.52. The molecule has 8 aromatic carbocycles. The summed E-state index contributed by atoms with van der Waals surface area (Å²) in [5.74, 6) is 1.21. The van der Waals surface area contributed by atoms with Gasteiger partial charge < -0.3 is 4.57 Å². The van der Waals surface area contributed by atoms with E-state index in [9.17, 15) is 0 Å². The number of hydrogen-bond donors (Lipinski definition) is 0. The molecule has 9 aromatic rings. The molecular formula is C55H43N5. The Hall–Kier alpha value is -7.76. The fraction of sp³-hybridized carbons (Fsp3) is 0.0545. The van der Waals surface area contributed by atoms with Crippen LogP contribution in [0.2, 0.25) is 0 Å². The monoisotopic (exact) mass is 773 g/mol. The largest absolute Gasteiger partial charge is 0.344 e. The Bertz CT molecular complexity index is 2950. The van der Waals surface area contributed by atoms with E-state index in [1.165, 1.54) is 38.5 Å². The quantitative estimate of drug-likeness (QED) is 0.114. The van der Waals surface area contributed by atoms with Crippen molar-refractivity contribution in [2.75, 3.05) is 0 Å². The first-order valence-corrected chi connectivity index (χ1v) is 20.2. The van der Waals surface area contributed by atoms with Crippen LogP contribution in [0.25, 0.3) is 21.8 Å². The smallest absolute Gasteiger partial charge is 0.161 e. The molecule has 0 aliphatic carbocycles. The van der Waals surface area contributed by atoms with E-state index >= 15 is 0 Å². The van der Waals surface area contributed by atoms with Gasteiger partial charge in [-0.15, -0.1) is 0 Å². The third-order valence-electron chi connectivity index (χ3n) is 11.2. The van der Waals surface area contributed by atoms with Crippen LogP contribution < -0.4 is 0 Å². The lowest BCUT2D eigenvalue weighted by Crippen LogP contribution is -2.36. The summed E-state index contributed by atoms with van der Waals surface area (Å²) in [5.41, 5.74) is 11.9. The molecule has 10 rings (SSSR count). The highest BCUT2D eigenvalue weighted by Crippen LogP contribution is 2.54. The van der Waals surface area contributed by atoms with Crippen LogP contribution in [0.1, 0.15) is 38.9 Å². The Kier molecular flexibility index (Phi) is 10.7. The number of rotatable bonds is 7.